The van der Waals surface area contributed by atoms with E-state index < -0.39 is 27.7 Å². The molecule has 0 aromatic heterocycles. The highest BCUT2D eigenvalue weighted by molar-refractivity contribution is 6.54. The summed E-state index contributed by atoms with van der Waals surface area (Å²) in [6.07, 6.45) is -0.955. The summed E-state index contributed by atoms with van der Waals surface area (Å²) in [6, 6.07) is 6.59. The van der Waals surface area contributed by atoms with Crippen LogP contribution in [0.5, 0.6) is 0 Å². The second kappa shape index (κ2) is 8.15. The number of benzene rings is 1. The molecule has 4 nitrogen and oxygen atoms in total. The van der Waals surface area contributed by atoms with Crippen LogP contribution in [0.3, 0.4) is 0 Å². The Hall–Kier alpha value is -0.390. The fourth-order valence-electron chi connectivity index (χ4n) is 1.31. The monoisotopic (exact) mass is 376 g/mol. The molecule has 0 atom stereocenters. The van der Waals surface area contributed by atoms with Crippen molar-refractivity contribution in [2.45, 2.75) is 15.8 Å². The number of halogens is 5. The molecule has 0 aliphatic carbocycles. The van der Waals surface area contributed by atoms with Crippen molar-refractivity contribution in [3.63, 3.8) is 0 Å². The zero-order valence-corrected chi connectivity index (χ0v) is 13.5. The third kappa shape index (κ3) is 5.19. The normalized spacial score (nSPS) is 11.0. The number of rotatable bonds is 5. The van der Waals surface area contributed by atoms with E-state index in [0.29, 0.717) is 10.6 Å². The van der Waals surface area contributed by atoms with Crippen molar-refractivity contribution in [2.24, 2.45) is 0 Å². The fourth-order valence-corrected chi connectivity index (χ4v) is 1.81. The Kier molecular flexibility index (Phi) is 7.20. The maximum absolute atomic E-state index is 11.6. The number of alkyl halides is 4. The molecule has 20 heavy (non-hydrogen) atoms. The van der Waals surface area contributed by atoms with Gasteiger partial charge in [0.2, 0.25) is 0 Å². The molecule has 1 aromatic rings. The van der Waals surface area contributed by atoms with Crippen molar-refractivity contribution in [3.05, 3.63) is 34.9 Å². The lowest BCUT2D eigenvalue weighted by Crippen LogP contribution is -2.44. The molecule has 0 heterocycles. The highest BCUT2D eigenvalue weighted by Crippen LogP contribution is 2.22. The van der Waals surface area contributed by atoms with E-state index >= 15 is 0 Å². The van der Waals surface area contributed by atoms with Crippen LogP contribution in [0.2, 0.25) is 5.02 Å². The van der Waals surface area contributed by atoms with E-state index in [4.69, 9.17) is 58.0 Å². The number of nitrogens with one attached hydrogen (secondary N) is 2. The first kappa shape index (κ1) is 17.7. The van der Waals surface area contributed by atoms with E-state index in [2.05, 4.69) is 10.6 Å². The van der Waals surface area contributed by atoms with Crippen LogP contribution in [0, 0.1) is 0 Å². The lowest BCUT2D eigenvalue weighted by Gasteiger charge is -2.22. The molecule has 0 aliphatic heterocycles. The first-order valence-electron chi connectivity index (χ1n) is 5.24. The average molecular weight is 378 g/mol. The van der Waals surface area contributed by atoms with Gasteiger partial charge >= 0.3 is 0 Å². The zero-order chi connectivity index (χ0) is 15.3. The second-order valence-electron chi connectivity index (χ2n) is 3.57. The van der Waals surface area contributed by atoms with E-state index in [9.17, 15) is 9.59 Å². The number of hydrogen-bond acceptors (Lipinski definition) is 2. The Morgan fingerprint density at radius 1 is 0.900 bits per heavy atom. The smallest absolute Gasteiger partial charge is 0.255 e. The second-order valence-corrected chi connectivity index (χ2v) is 6.17. The topological polar surface area (TPSA) is 58.2 Å². The van der Waals surface area contributed by atoms with Crippen LogP contribution >= 0.6 is 58.0 Å². The predicted molar refractivity (Wildman–Crippen MR) is 81.5 cm³/mol. The zero-order valence-electron chi connectivity index (χ0n) is 9.75. The van der Waals surface area contributed by atoms with E-state index in [-0.39, 0.29) is 0 Å². The largest absolute Gasteiger partial charge is 0.330 e. The number of amides is 2. The Bertz CT molecular complexity index is 473. The van der Waals surface area contributed by atoms with Crippen molar-refractivity contribution in [1.29, 1.82) is 0 Å². The summed E-state index contributed by atoms with van der Waals surface area (Å²) in [5.74, 6) is -1.39. The number of carbonyl (C=O) groups excluding carboxylic acids is 2. The van der Waals surface area contributed by atoms with Crippen LogP contribution < -0.4 is 10.6 Å². The molecule has 0 radical (unpaired) electrons. The molecule has 9 heteroatoms. The summed E-state index contributed by atoms with van der Waals surface area (Å²) >= 11 is 27.8. The van der Waals surface area contributed by atoms with Crippen molar-refractivity contribution < 1.29 is 9.59 Å². The van der Waals surface area contributed by atoms with E-state index in [1.54, 1.807) is 24.3 Å². The standard InChI is InChI=1S/C11H9Cl5N2O2/c12-6-4-2-1-3-5(6)9(17-10(19)7(13)14)18-11(20)8(15)16/h1-4,7-9H,(H,17,19)(H,18,20). The Morgan fingerprint density at radius 3 is 1.75 bits per heavy atom. The number of carbonyl (C=O) groups is 2. The number of hydrogen-bond donors (Lipinski definition) is 2. The summed E-state index contributed by atoms with van der Waals surface area (Å²) in [6.45, 7) is 0. The summed E-state index contributed by atoms with van der Waals surface area (Å²) in [7, 11) is 0. The quantitative estimate of drug-likeness (QED) is 0.611. The van der Waals surface area contributed by atoms with Crippen molar-refractivity contribution in [3.8, 4) is 0 Å². The van der Waals surface area contributed by atoms with Gasteiger partial charge < -0.3 is 10.6 Å². The van der Waals surface area contributed by atoms with Crippen molar-refractivity contribution in [2.75, 3.05) is 0 Å². The van der Waals surface area contributed by atoms with Gasteiger partial charge in [0.1, 0.15) is 6.17 Å². The first-order valence-corrected chi connectivity index (χ1v) is 7.36. The minimum Gasteiger partial charge on any atom is -0.330 e. The maximum Gasteiger partial charge on any atom is 0.255 e. The Labute approximate surface area is 140 Å². The molecule has 1 aromatic carbocycles. The highest BCUT2D eigenvalue weighted by Gasteiger charge is 2.24. The molecule has 0 aliphatic rings. The molecule has 2 amide bonds. The van der Waals surface area contributed by atoms with Gasteiger partial charge in [0, 0.05) is 10.6 Å². The lowest BCUT2D eigenvalue weighted by atomic mass is 10.1. The van der Waals surface area contributed by atoms with Crippen molar-refractivity contribution in [1.82, 2.24) is 10.6 Å². The molecule has 110 valence electrons. The van der Waals surface area contributed by atoms with E-state index in [1.165, 1.54) is 0 Å². The summed E-state index contributed by atoms with van der Waals surface area (Å²) in [5, 5.41) is 5.18. The van der Waals surface area contributed by atoms with Gasteiger partial charge in [-0.1, -0.05) is 76.2 Å². The van der Waals surface area contributed by atoms with Crippen LogP contribution in [0.1, 0.15) is 11.7 Å². The molecule has 0 bridgehead atoms. The van der Waals surface area contributed by atoms with Gasteiger partial charge in [0.25, 0.3) is 11.8 Å². The van der Waals surface area contributed by atoms with Crippen LogP contribution in [0.15, 0.2) is 24.3 Å². The summed E-state index contributed by atoms with van der Waals surface area (Å²) in [4.78, 5) is 20.5. The molecular weight excluding hydrogens is 369 g/mol. The van der Waals surface area contributed by atoms with E-state index in [0.717, 1.165) is 0 Å². The fraction of sp³-hybridized carbons (Fsp3) is 0.273. The lowest BCUT2D eigenvalue weighted by molar-refractivity contribution is -0.122. The average Bonchev–Trinajstić information content (AvgIpc) is 2.38. The Morgan fingerprint density at radius 2 is 1.35 bits per heavy atom. The highest BCUT2D eigenvalue weighted by atomic mass is 35.5. The van der Waals surface area contributed by atoms with Crippen LogP contribution in [0.4, 0.5) is 0 Å². The summed E-state index contributed by atoms with van der Waals surface area (Å²) in [5.41, 5.74) is 0.443. The first-order chi connectivity index (χ1) is 9.32. The van der Waals surface area contributed by atoms with Gasteiger partial charge in [0.05, 0.1) is 0 Å². The predicted octanol–water partition coefficient (Wildman–Crippen LogP) is 3.18. The molecule has 0 saturated heterocycles. The maximum atomic E-state index is 11.6. The summed E-state index contributed by atoms with van der Waals surface area (Å²) < 4.78 is 0. The molecular formula is C11H9Cl5N2O2. The van der Waals surface area contributed by atoms with Crippen LogP contribution in [-0.4, -0.2) is 21.5 Å². The molecule has 0 saturated carbocycles. The third-order valence-corrected chi connectivity index (χ3v) is 3.32. The van der Waals surface area contributed by atoms with Crippen LogP contribution in [0.25, 0.3) is 0 Å². The molecule has 2 N–H and O–H groups in total. The van der Waals surface area contributed by atoms with Gasteiger partial charge in [-0.3, -0.25) is 9.59 Å². The van der Waals surface area contributed by atoms with Gasteiger partial charge in [-0.25, -0.2) is 0 Å². The van der Waals surface area contributed by atoms with Crippen LogP contribution in [-0.2, 0) is 9.59 Å². The van der Waals surface area contributed by atoms with E-state index in [1.807, 2.05) is 0 Å². The minimum atomic E-state index is -1.29. The molecule has 0 spiro atoms. The Balaban J connectivity index is 2.98. The SMILES string of the molecule is O=C(NC(NC(=O)C(Cl)Cl)c1ccccc1Cl)C(Cl)Cl. The minimum absolute atomic E-state index is 0.333. The van der Waals surface area contributed by atoms with Gasteiger partial charge in [-0.2, -0.15) is 0 Å². The molecule has 1 rings (SSSR count). The van der Waals surface area contributed by atoms with Gasteiger partial charge in [0.15, 0.2) is 9.67 Å². The van der Waals surface area contributed by atoms with Gasteiger partial charge in [-0.05, 0) is 6.07 Å². The van der Waals surface area contributed by atoms with Crippen molar-refractivity contribution >= 4 is 69.8 Å². The third-order valence-electron chi connectivity index (χ3n) is 2.19. The van der Waals surface area contributed by atoms with Gasteiger partial charge in [-0.15, -0.1) is 0 Å². The molecule has 0 fully saturated rings. The molecule has 0 unspecified atom stereocenters.